The van der Waals surface area contributed by atoms with Gasteiger partial charge in [0.05, 0.1) is 0 Å². The molecule has 8 unspecified atom stereocenters. The molecule has 0 radical (unpaired) electrons. The van der Waals surface area contributed by atoms with Crippen molar-refractivity contribution in [3.8, 4) is 0 Å². The minimum absolute atomic E-state index is 0.181. The number of aliphatic hydroxyl groups is 6. The minimum atomic E-state index is -1.80. The summed E-state index contributed by atoms with van der Waals surface area (Å²) in [4.78, 5) is 25.0. The summed E-state index contributed by atoms with van der Waals surface area (Å²) in [5, 5.41) is 63.5. The van der Waals surface area contributed by atoms with E-state index < -0.39 is 86.6 Å². The molecular weight excluding hydrogens is 797 g/mol. The Morgan fingerprint density at radius 1 is 0.468 bits per heavy atom. The first-order valence-electron chi connectivity index (χ1n) is 25.1. The molecule has 3 rings (SSSR count). The van der Waals surface area contributed by atoms with Gasteiger partial charge in [0.25, 0.3) is 0 Å². The molecule has 2 aliphatic heterocycles. The predicted octanol–water partition coefficient (Wildman–Crippen LogP) is 7.86. The van der Waals surface area contributed by atoms with E-state index in [9.17, 15) is 40.2 Å². The molecule has 0 amide bonds. The number of hydrogen-bond acceptors (Lipinski definition) is 13. The number of rotatable bonds is 36. The van der Waals surface area contributed by atoms with E-state index in [0.29, 0.717) is 12.8 Å². The number of hydrogen-bond donors (Lipinski definition) is 6. The smallest absolute Gasteiger partial charge is 0.305 e. The first-order chi connectivity index (χ1) is 30.1. The van der Waals surface area contributed by atoms with Crippen LogP contribution in [0.1, 0.15) is 200 Å². The molecule has 2 heterocycles. The Kier molecular flexibility index (Phi) is 29.0. The van der Waals surface area contributed by atoms with E-state index in [4.69, 9.17) is 23.7 Å². The molecule has 0 spiro atoms. The summed E-state index contributed by atoms with van der Waals surface area (Å²) in [5.41, 5.74) is 0. The lowest BCUT2D eigenvalue weighted by atomic mass is 9.98. The number of ether oxygens (including phenoxy) is 5. The molecule has 0 aromatic heterocycles. The highest BCUT2D eigenvalue weighted by atomic mass is 16.8. The van der Waals surface area contributed by atoms with Crippen LogP contribution in [-0.2, 0) is 33.3 Å². The van der Waals surface area contributed by atoms with Gasteiger partial charge in [-0.1, -0.05) is 154 Å². The molecule has 12 atom stereocenters. The number of aliphatic hydroxyl groups excluding tert-OH is 6. The number of unbranched alkanes of at least 4 members (excludes halogenated alkanes) is 20. The van der Waals surface area contributed by atoms with E-state index in [1.165, 1.54) is 103 Å². The van der Waals surface area contributed by atoms with Gasteiger partial charge in [0.2, 0.25) is 0 Å². The van der Waals surface area contributed by atoms with E-state index >= 15 is 0 Å². The third-order valence-electron chi connectivity index (χ3n) is 13.0. The molecule has 1 aliphatic carbocycles. The van der Waals surface area contributed by atoms with Crippen molar-refractivity contribution in [3.05, 3.63) is 12.2 Å². The zero-order valence-corrected chi connectivity index (χ0v) is 38.5. The Bertz CT molecular complexity index is 1190. The lowest BCUT2D eigenvalue weighted by molar-refractivity contribution is -0.376. The second kappa shape index (κ2) is 32.9. The lowest BCUT2D eigenvalue weighted by Gasteiger charge is -2.44. The first kappa shape index (κ1) is 54.7. The maximum atomic E-state index is 12.5. The fourth-order valence-corrected chi connectivity index (χ4v) is 8.71. The van der Waals surface area contributed by atoms with Crippen molar-refractivity contribution in [1.82, 2.24) is 0 Å². The third kappa shape index (κ3) is 22.0. The van der Waals surface area contributed by atoms with Gasteiger partial charge < -0.3 is 54.3 Å². The molecule has 6 N–H and O–H groups in total. The van der Waals surface area contributed by atoms with Crippen LogP contribution in [0.5, 0.6) is 0 Å². The molecule has 13 nitrogen and oxygen atoms in total. The fraction of sp³-hybridized carbons (Fsp3) is 0.918. The van der Waals surface area contributed by atoms with Crippen LogP contribution in [0.4, 0.5) is 0 Å². The monoisotopic (exact) mass is 885 g/mol. The van der Waals surface area contributed by atoms with Crippen molar-refractivity contribution >= 4 is 11.9 Å². The van der Waals surface area contributed by atoms with Gasteiger partial charge in [-0.05, 0) is 56.8 Å². The minimum Gasteiger partial charge on any atom is -0.463 e. The van der Waals surface area contributed by atoms with E-state index in [1.807, 2.05) is 0 Å². The van der Waals surface area contributed by atoms with Crippen LogP contribution in [0.15, 0.2) is 12.2 Å². The van der Waals surface area contributed by atoms with Gasteiger partial charge in [-0.2, -0.15) is 0 Å². The van der Waals surface area contributed by atoms with E-state index in [-0.39, 0.29) is 12.8 Å². The Labute approximate surface area is 373 Å². The Morgan fingerprint density at radius 2 is 0.823 bits per heavy atom. The van der Waals surface area contributed by atoms with Gasteiger partial charge in [0, 0.05) is 12.8 Å². The third-order valence-corrected chi connectivity index (χ3v) is 13.0. The number of esters is 2. The second-order valence-electron chi connectivity index (χ2n) is 18.5. The molecule has 0 aromatic rings. The van der Waals surface area contributed by atoms with Gasteiger partial charge in [0.1, 0.15) is 62.0 Å². The van der Waals surface area contributed by atoms with Crippen molar-refractivity contribution < 1.29 is 63.9 Å². The SMILES string of the molecule is CCCCCCCC/C=C\CCCCCCCC(=O)OCC1O[C@H](O[C@H]2OC(COC(=O)CCCCCCCC3CC3CCCCCCCC)[C@@H](O)C(O)C2O)C(O)C(O)[C@@H]1O. The predicted molar refractivity (Wildman–Crippen MR) is 238 cm³/mol. The zero-order valence-electron chi connectivity index (χ0n) is 38.5. The van der Waals surface area contributed by atoms with Crippen LogP contribution in [0.3, 0.4) is 0 Å². The Hall–Kier alpha value is -1.68. The summed E-state index contributed by atoms with van der Waals surface area (Å²) < 4.78 is 27.6. The van der Waals surface area contributed by atoms with Gasteiger partial charge in [-0.3, -0.25) is 9.59 Å². The molecule has 3 fully saturated rings. The van der Waals surface area contributed by atoms with Gasteiger partial charge in [-0.25, -0.2) is 0 Å². The average molecular weight is 885 g/mol. The number of carbonyl (C=O) groups excluding carboxylic acids is 2. The summed E-state index contributed by atoms with van der Waals surface area (Å²) >= 11 is 0. The van der Waals surface area contributed by atoms with Crippen molar-refractivity contribution in [3.63, 3.8) is 0 Å². The normalized spacial score (nSPS) is 29.9. The van der Waals surface area contributed by atoms with Crippen LogP contribution in [0, 0.1) is 11.8 Å². The standard InChI is InChI=1S/C49H88O13/c1-3-5-7-9-11-12-13-14-15-16-17-18-19-23-27-31-40(50)58-34-38-42(52)44(54)46(56)48(60-38)62-49-47(57)45(55)43(53)39(61-49)35-59-41(51)32-28-24-20-22-26-30-37-33-36(37)29-25-21-10-8-6-4-2/h14-15,36-39,42-49,52-57H,3-13,16-35H2,1-2H3/b15-14-/t36?,37?,38?,39?,42-,43-,44?,45?,46?,47?,48-,49-/m1/s1. The first-order valence-corrected chi connectivity index (χ1v) is 25.1. The van der Waals surface area contributed by atoms with Crippen molar-refractivity contribution in [2.24, 2.45) is 11.8 Å². The average Bonchev–Trinajstić information content (AvgIpc) is 4.02. The highest BCUT2D eigenvalue weighted by Gasteiger charge is 2.50. The van der Waals surface area contributed by atoms with E-state index in [1.54, 1.807) is 0 Å². The molecule has 0 aromatic carbocycles. The van der Waals surface area contributed by atoms with Gasteiger partial charge >= 0.3 is 11.9 Å². The van der Waals surface area contributed by atoms with E-state index in [0.717, 1.165) is 69.6 Å². The molecule has 1 saturated carbocycles. The highest BCUT2D eigenvalue weighted by Crippen LogP contribution is 2.45. The Balaban J connectivity index is 1.26. The zero-order chi connectivity index (χ0) is 45.0. The molecule has 2 saturated heterocycles. The van der Waals surface area contributed by atoms with Crippen LogP contribution in [0.2, 0.25) is 0 Å². The van der Waals surface area contributed by atoms with Crippen molar-refractivity contribution in [2.75, 3.05) is 13.2 Å². The molecule has 13 heteroatoms. The molecule has 0 bridgehead atoms. The summed E-state index contributed by atoms with van der Waals surface area (Å²) in [6.45, 7) is 3.64. The van der Waals surface area contributed by atoms with Crippen molar-refractivity contribution in [2.45, 2.75) is 261 Å². The van der Waals surface area contributed by atoms with E-state index in [2.05, 4.69) is 26.0 Å². The molecular formula is C49H88O13. The summed E-state index contributed by atoms with van der Waals surface area (Å²) in [7, 11) is 0. The van der Waals surface area contributed by atoms with Crippen molar-refractivity contribution in [1.29, 1.82) is 0 Å². The number of carbonyl (C=O) groups is 2. The van der Waals surface area contributed by atoms with Crippen LogP contribution >= 0.6 is 0 Å². The lowest BCUT2D eigenvalue weighted by Crippen LogP contribution is -2.64. The van der Waals surface area contributed by atoms with Crippen LogP contribution in [-0.4, -0.2) is 117 Å². The summed E-state index contributed by atoms with van der Waals surface area (Å²) in [5.74, 6) is 0.878. The number of allylic oxidation sites excluding steroid dienone is 2. The van der Waals surface area contributed by atoms with Gasteiger partial charge in [-0.15, -0.1) is 0 Å². The largest absolute Gasteiger partial charge is 0.463 e. The highest BCUT2D eigenvalue weighted by molar-refractivity contribution is 5.69. The summed E-state index contributed by atoms with van der Waals surface area (Å²) in [6, 6.07) is 0. The second-order valence-corrected chi connectivity index (χ2v) is 18.5. The maximum Gasteiger partial charge on any atom is 0.305 e. The quantitative estimate of drug-likeness (QED) is 0.0202. The molecule has 3 aliphatic rings. The Morgan fingerprint density at radius 3 is 1.23 bits per heavy atom. The maximum absolute atomic E-state index is 12.5. The topological polar surface area (TPSA) is 202 Å². The van der Waals surface area contributed by atoms with Crippen LogP contribution < -0.4 is 0 Å². The molecule has 62 heavy (non-hydrogen) atoms. The van der Waals surface area contributed by atoms with Crippen LogP contribution in [0.25, 0.3) is 0 Å². The molecule has 362 valence electrons. The van der Waals surface area contributed by atoms with Gasteiger partial charge in [0.15, 0.2) is 12.6 Å². The fourth-order valence-electron chi connectivity index (χ4n) is 8.71. The summed E-state index contributed by atoms with van der Waals surface area (Å²) in [6.07, 6.45) is 20.7.